The Kier molecular flexibility index (Phi) is 5.15. The van der Waals surface area contributed by atoms with Gasteiger partial charge >= 0.3 is 55.0 Å². The molecule has 0 spiro atoms. The molecule has 0 fully saturated rings. The summed E-state index contributed by atoms with van der Waals surface area (Å²) in [6.45, 7) is 0. The standard InChI is InChI=1S/CH3.5ClH.Hg/h1H3;5*1H;/q;;;;;;+5/p-5. The third-order valence-corrected chi connectivity index (χ3v) is 0. The van der Waals surface area contributed by atoms with Gasteiger partial charge in [0.25, 0.3) is 0 Å². The second-order valence-electron chi connectivity index (χ2n) is 1.01. The molecule has 0 amide bonds. The Morgan fingerprint density at radius 2 is 0.714 bits per heavy atom. The first-order valence-corrected chi connectivity index (χ1v) is 35.2. The molecule has 0 bridgehead atoms. The van der Waals surface area contributed by atoms with Gasteiger partial charge in [0.05, 0.1) is 0 Å². The van der Waals surface area contributed by atoms with E-state index >= 15 is 0 Å². The van der Waals surface area contributed by atoms with Crippen LogP contribution in [0.5, 0.6) is 0 Å². The monoisotopic (exact) mass is 392 g/mol. The molecule has 0 saturated carbocycles. The summed E-state index contributed by atoms with van der Waals surface area (Å²) in [4.78, 5) is 0. The van der Waals surface area contributed by atoms with Gasteiger partial charge in [-0.25, -0.2) is 0 Å². The molecule has 0 atom stereocenters. The molecular weight excluding hydrogens is 390 g/mol. The minimum absolute atomic E-state index is 0. The molecule has 7 heavy (non-hydrogen) atoms. The molecule has 0 aliphatic carbocycles. The summed E-state index contributed by atoms with van der Waals surface area (Å²) in [5.41, 5.74) is 0. The molecule has 0 aliphatic rings. The average molecular weight is 393 g/mol. The predicted molar refractivity (Wildman–Crippen MR) is 35.7 cm³/mol. The van der Waals surface area contributed by atoms with Crippen molar-refractivity contribution in [2.24, 2.45) is 0 Å². The second kappa shape index (κ2) is 2.98. The van der Waals surface area contributed by atoms with E-state index in [1.807, 2.05) is 0 Å². The fourth-order valence-electron chi connectivity index (χ4n) is 0. The molecule has 0 N–H and O–H groups in total. The first-order valence-electron chi connectivity index (χ1n) is 1.34. The first-order chi connectivity index (χ1) is 2.24. The van der Waals surface area contributed by atoms with Crippen LogP contribution in [0.15, 0.2) is 0 Å². The van der Waals surface area contributed by atoms with Gasteiger partial charge in [0.1, 0.15) is 0 Å². The molecule has 0 heterocycles. The SMILES string of the molecule is [CH3].[Cl][Hg]([Cl])([Cl])([Cl])[Cl]. The normalized spacial score (nSPS) is 12.9. The van der Waals surface area contributed by atoms with Gasteiger partial charge in [-0.2, -0.15) is 0 Å². The topological polar surface area (TPSA) is 0 Å². The molecule has 0 unspecified atom stereocenters. The van der Waals surface area contributed by atoms with Gasteiger partial charge in [0, 0.05) is 0 Å². The van der Waals surface area contributed by atoms with Crippen molar-refractivity contribution in [3.63, 3.8) is 0 Å². The zero-order chi connectivity index (χ0) is 5.45. The van der Waals surface area contributed by atoms with Gasteiger partial charge in [-0.05, 0) is 0 Å². The quantitative estimate of drug-likeness (QED) is 0.548. The van der Waals surface area contributed by atoms with Gasteiger partial charge in [0.2, 0.25) is 0 Å². The molecule has 0 nitrogen and oxygen atoms in total. The van der Waals surface area contributed by atoms with Crippen LogP contribution in [0.25, 0.3) is 0 Å². The fourth-order valence-corrected chi connectivity index (χ4v) is 0. The van der Waals surface area contributed by atoms with Crippen molar-refractivity contribution < 1.29 is 13.8 Å². The van der Waals surface area contributed by atoms with Crippen molar-refractivity contribution in [3.05, 3.63) is 7.43 Å². The molecule has 0 aromatic rings. The van der Waals surface area contributed by atoms with Crippen LogP contribution < -0.4 is 0 Å². The summed E-state index contributed by atoms with van der Waals surface area (Å²) in [7, 11) is 25.4. The van der Waals surface area contributed by atoms with E-state index in [4.69, 9.17) is 41.2 Å². The Balaban J connectivity index is 0. The van der Waals surface area contributed by atoms with Gasteiger partial charge in [-0.1, -0.05) is 7.43 Å². The van der Waals surface area contributed by atoms with Crippen LogP contribution in [0.2, 0.25) is 0 Å². The Morgan fingerprint density at radius 1 is 0.714 bits per heavy atom. The molecule has 0 aromatic heterocycles. The number of rotatable bonds is 0. The molecular formula is CH3Cl5Hg. The zero-order valence-corrected chi connectivity index (χ0v) is 12.9. The molecule has 44 valence electrons. The third kappa shape index (κ3) is 60.1. The Hall–Kier alpha value is 2.39. The van der Waals surface area contributed by atoms with Crippen molar-refractivity contribution in [3.8, 4) is 0 Å². The average Bonchev–Trinajstić information content (AvgIpc) is 0.650. The first kappa shape index (κ1) is 12.1. The maximum atomic E-state index is 5.08. The summed E-state index contributed by atoms with van der Waals surface area (Å²) < 4.78 is 0. The molecule has 0 aromatic carbocycles. The van der Waals surface area contributed by atoms with Crippen LogP contribution in [-0.2, 0) is 13.8 Å². The van der Waals surface area contributed by atoms with Gasteiger partial charge in [-0.15, -0.1) is 0 Å². The van der Waals surface area contributed by atoms with Gasteiger partial charge in [0.15, 0.2) is 0 Å². The molecule has 6 heteroatoms. The van der Waals surface area contributed by atoms with Gasteiger partial charge < -0.3 is 0 Å². The summed E-state index contributed by atoms with van der Waals surface area (Å²) in [6, 6.07) is 0. The predicted octanol–water partition coefficient (Wildman–Crippen LogP) is 3.90. The Morgan fingerprint density at radius 3 is 0.714 bits per heavy atom. The van der Waals surface area contributed by atoms with E-state index < -0.39 is 13.8 Å². The molecule has 0 rings (SSSR count). The van der Waals surface area contributed by atoms with E-state index in [-0.39, 0.29) is 7.43 Å². The van der Waals surface area contributed by atoms with Crippen LogP contribution in [0, 0.1) is 7.43 Å². The van der Waals surface area contributed by atoms with Crippen molar-refractivity contribution in [2.75, 3.05) is 0 Å². The third-order valence-electron chi connectivity index (χ3n) is 0. The van der Waals surface area contributed by atoms with Crippen molar-refractivity contribution >= 4 is 41.2 Å². The Bertz CT molecular complexity index is 41.3. The maximum absolute atomic E-state index is 5.08. The summed E-state index contributed by atoms with van der Waals surface area (Å²) >= 11 is -4.59. The van der Waals surface area contributed by atoms with Crippen molar-refractivity contribution in [1.29, 1.82) is 0 Å². The van der Waals surface area contributed by atoms with Crippen LogP contribution in [-0.4, -0.2) is 0 Å². The number of hydrogen-bond acceptors (Lipinski definition) is 0. The van der Waals surface area contributed by atoms with E-state index in [9.17, 15) is 0 Å². The van der Waals surface area contributed by atoms with Crippen LogP contribution >= 0.6 is 41.2 Å². The van der Waals surface area contributed by atoms with Crippen LogP contribution in [0.1, 0.15) is 0 Å². The van der Waals surface area contributed by atoms with E-state index in [0.717, 1.165) is 0 Å². The van der Waals surface area contributed by atoms with E-state index in [1.165, 1.54) is 0 Å². The van der Waals surface area contributed by atoms with Crippen LogP contribution in [0.3, 0.4) is 0 Å². The van der Waals surface area contributed by atoms with Gasteiger partial charge in [-0.3, -0.25) is 0 Å². The summed E-state index contributed by atoms with van der Waals surface area (Å²) in [5, 5.41) is 0. The van der Waals surface area contributed by atoms with E-state index in [2.05, 4.69) is 0 Å². The zero-order valence-electron chi connectivity index (χ0n) is 3.60. The molecule has 0 saturated heterocycles. The van der Waals surface area contributed by atoms with Crippen molar-refractivity contribution in [1.82, 2.24) is 0 Å². The number of halogens is 5. The number of hydrogen-bond donors (Lipinski definition) is 0. The second-order valence-corrected chi connectivity index (χ2v) is 79.8. The fraction of sp³-hybridized carbons (Fsp3) is 0. The van der Waals surface area contributed by atoms with Crippen molar-refractivity contribution in [2.45, 2.75) is 0 Å². The summed E-state index contributed by atoms with van der Waals surface area (Å²) in [6.07, 6.45) is 0. The van der Waals surface area contributed by atoms with E-state index in [1.54, 1.807) is 0 Å². The Labute approximate surface area is 61.4 Å². The minimum atomic E-state index is -4.59. The molecule has 1 radical (unpaired) electrons. The van der Waals surface area contributed by atoms with Crippen LogP contribution in [0.4, 0.5) is 0 Å². The summed E-state index contributed by atoms with van der Waals surface area (Å²) in [5.74, 6) is 0. The van der Waals surface area contributed by atoms with E-state index in [0.29, 0.717) is 0 Å². The molecule has 0 aliphatic heterocycles.